The van der Waals surface area contributed by atoms with E-state index < -0.39 is 0 Å². The minimum Gasteiger partial charge on any atom is -0.450 e. The molecule has 0 aromatic heterocycles. The van der Waals surface area contributed by atoms with Gasteiger partial charge in [-0.3, -0.25) is 0 Å². The summed E-state index contributed by atoms with van der Waals surface area (Å²) in [4.78, 5) is 0. The standard InChI is InChI=1S/C12H10O2.2C2H6/c1-3-9-10(4-2)14-12-8-6-5-7-11(12)13-9;2*1-2/h3-8H,1-2H2;2*1-2H3. The van der Waals surface area contributed by atoms with Gasteiger partial charge in [-0.05, 0) is 24.3 Å². The highest BCUT2D eigenvalue weighted by atomic mass is 16.6. The summed E-state index contributed by atoms with van der Waals surface area (Å²) < 4.78 is 11.1. The molecule has 2 heteroatoms. The van der Waals surface area contributed by atoms with Gasteiger partial charge in [0, 0.05) is 0 Å². The van der Waals surface area contributed by atoms with E-state index in [1.54, 1.807) is 12.2 Å². The lowest BCUT2D eigenvalue weighted by atomic mass is 10.2. The summed E-state index contributed by atoms with van der Waals surface area (Å²) in [5, 5.41) is 0. The van der Waals surface area contributed by atoms with Crippen molar-refractivity contribution in [3.05, 3.63) is 61.1 Å². The Morgan fingerprint density at radius 3 is 1.39 bits per heavy atom. The normalized spacial score (nSPS) is 11.3. The summed E-state index contributed by atoms with van der Waals surface area (Å²) >= 11 is 0. The van der Waals surface area contributed by atoms with Gasteiger partial charge in [-0.15, -0.1) is 0 Å². The smallest absolute Gasteiger partial charge is 0.170 e. The number of fused-ring (bicyclic) bond motifs is 1. The lowest BCUT2D eigenvalue weighted by Gasteiger charge is -2.19. The van der Waals surface area contributed by atoms with E-state index in [0.717, 1.165) is 0 Å². The van der Waals surface area contributed by atoms with Crippen LogP contribution in [0.2, 0.25) is 0 Å². The van der Waals surface area contributed by atoms with Crippen molar-refractivity contribution in [3.63, 3.8) is 0 Å². The predicted molar refractivity (Wildman–Crippen MR) is 77.8 cm³/mol. The molecular weight excluding hydrogens is 224 g/mol. The second kappa shape index (κ2) is 9.11. The molecular formula is C16H22O2. The molecule has 2 rings (SSSR count). The lowest BCUT2D eigenvalue weighted by molar-refractivity contribution is 0.316. The largest absolute Gasteiger partial charge is 0.450 e. The SMILES string of the molecule is C=CC1=C(C=C)Oc2ccccc2O1.CC.CC. The Bertz CT molecular complexity index is 378. The maximum atomic E-state index is 5.55. The molecule has 98 valence electrons. The van der Waals surface area contributed by atoms with E-state index in [1.165, 1.54) is 0 Å². The summed E-state index contributed by atoms with van der Waals surface area (Å²) in [6, 6.07) is 7.47. The molecule has 0 spiro atoms. The van der Waals surface area contributed by atoms with Crippen LogP contribution in [0.4, 0.5) is 0 Å². The van der Waals surface area contributed by atoms with E-state index in [0.29, 0.717) is 23.0 Å². The number of para-hydroxylation sites is 2. The first-order valence-corrected chi connectivity index (χ1v) is 6.29. The second-order valence-corrected chi connectivity index (χ2v) is 2.79. The Kier molecular flexibility index (Phi) is 8.12. The van der Waals surface area contributed by atoms with Crippen LogP contribution in [-0.4, -0.2) is 0 Å². The van der Waals surface area contributed by atoms with Gasteiger partial charge >= 0.3 is 0 Å². The number of allylic oxidation sites excluding steroid dienone is 2. The van der Waals surface area contributed by atoms with Crippen molar-refractivity contribution >= 4 is 0 Å². The van der Waals surface area contributed by atoms with Crippen LogP contribution in [0.1, 0.15) is 27.7 Å². The number of hydrogen-bond donors (Lipinski definition) is 0. The van der Waals surface area contributed by atoms with E-state index in [-0.39, 0.29) is 0 Å². The molecule has 0 radical (unpaired) electrons. The lowest BCUT2D eigenvalue weighted by Crippen LogP contribution is -2.08. The minimum atomic E-state index is 0.596. The average Bonchev–Trinajstić information content (AvgIpc) is 2.49. The van der Waals surface area contributed by atoms with E-state index in [9.17, 15) is 0 Å². The number of benzene rings is 1. The zero-order valence-electron chi connectivity index (χ0n) is 11.7. The first-order chi connectivity index (χ1) is 8.85. The van der Waals surface area contributed by atoms with Crippen molar-refractivity contribution in [1.29, 1.82) is 0 Å². The van der Waals surface area contributed by atoms with Crippen molar-refractivity contribution in [3.8, 4) is 11.5 Å². The van der Waals surface area contributed by atoms with Crippen molar-refractivity contribution in [2.24, 2.45) is 0 Å². The topological polar surface area (TPSA) is 18.5 Å². The summed E-state index contributed by atoms with van der Waals surface area (Å²) in [6.07, 6.45) is 3.21. The van der Waals surface area contributed by atoms with E-state index in [4.69, 9.17) is 9.47 Å². The minimum absolute atomic E-state index is 0.596. The van der Waals surface area contributed by atoms with Crippen LogP contribution >= 0.6 is 0 Å². The molecule has 18 heavy (non-hydrogen) atoms. The zero-order valence-corrected chi connectivity index (χ0v) is 11.7. The Labute approximate surface area is 110 Å². The highest BCUT2D eigenvalue weighted by molar-refractivity contribution is 5.46. The van der Waals surface area contributed by atoms with Gasteiger partial charge in [0.25, 0.3) is 0 Å². The molecule has 0 saturated carbocycles. The van der Waals surface area contributed by atoms with Gasteiger partial charge < -0.3 is 9.47 Å². The molecule has 0 aliphatic carbocycles. The van der Waals surface area contributed by atoms with Crippen LogP contribution in [0.5, 0.6) is 11.5 Å². The Balaban J connectivity index is 0.000000659. The third-order valence-corrected chi connectivity index (χ3v) is 1.90. The van der Waals surface area contributed by atoms with Gasteiger partial charge in [-0.2, -0.15) is 0 Å². The second-order valence-electron chi connectivity index (χ2n) is 2.79. The monoisotopic (exact) mass is 246 g/mol. The van der Waals surface area contributed by atoms with Gasteiger partial charge in [-0.1, -0.05) is 53.0 Å². The molecule has 1 aliphatic heterocycles. The first-order valence-electron chi connectivity index (χ1n) is 6.29. The fourth-order valence-corrected chi connectivity index (χ4v) is 1.24. The van der Waals surface area contributed by atoms with Crippen LogP contribution in [0.25, 0.3) is 0 Å². The summed E-state index contributed by atoms with van der Waals surface area (Å²) in [7, 11) is 0. The quantitative estimate of drug-likeness (QED) is 0.723. The highest BCUT2D eigenvalue weighted by Gasteiger charge is 2.16. The molecule has 1 aliphatic rings. The third-order valence-electron chi connectivity index (χ3n) is 1.90. The molecule has 0 unspecified atom stereocenters. The molecule has 0 amide bonds. The van der Waals surface area contributed by atoms with Crippen LogP contribution in [0, 0.1) is 0 Å². The third kappa shape index (κ3) is 3.81. The predicted octanol–water partition coefficient (Wildman–Crippen LogP) is 5.09. The summed E-state index contributed by atoms with van der Waals surface area (Å²) in [5.74, 6) is 2.60. The van der Waals surface area contributed by atoms with E-state index in [1.807, 2.05) is 52.0 Å². The van der Waals surface area contributed by atoms with Crippen molar-refractivity contribution in [2.75, 3.05) is 0 Å². The van der Waals surface area contributed by atoms with Gasteiger partial charge in [0.15, 0.2) is 23.0 Å². The van der Waals surface area contributed by atoms with Crippen LogP contribution in [0.3, 0.4) is 0 Å². The fraction of sp³-hybridized carbons (Fsp3) is 0.250. The molecule has 1 aromatic carbocycles. The van der Waals surface area contributed by atoms with Crippen molar-refractivity contribution in [2.45, 2.75) is 27.7 Å². The van der Waals surface area contributed by atoms with Gasteiger partial charge in [0.05, 0.1) is 0 Å². The van der Waals surface area contributed by atoms with Gasteiger partial charge in [0.1, 0.15) is 0 Å². The molecule has 0 fully saturated rings. The van der Waals surface area contributed by atoms with E-state index >= 15 is 0 Å². The highest BCUT2D eigenvalue weighted by Crippen LogP contribution is 2.34. The Morgan fingerprint density at radius 1 is 0.778 bits per heavy atom. The van der Waals surface area contributed by atoms with Gasteiger partial charge in [0.2, 0.25) is 0 Å². The molecule has 0 bridgehead atoms. The first kappa shape index (κ1) is 16.0. The van der Waals surface area contributed by atoms with Crippen LogP contribution in [0.15, 0.2) is 61.1 Å². The van der Waals surface area contributed by atoms with Crippen LogP contribution < -0.4 is 9.47 Å². The Morgan fingerprint density at radius 2 is 1.11 bits per heavy atom. The summed E-state index contributed by atoms with van der Waals surface area (Å²) in [5.41, 5.74) is 0. The van der Waals surface area contributed by atoms with Crippen molar-refractivity contribution < 1.29 is 9.47 Å². The number of rotatable bonds is 2. The average molecular weight is 246 g/mol. The number of ether oxygens (including phenoxy) is 2. The van der Waals surface area contributed by atoms with Gasteiger partial charge in [-0.25, -0.2) is 0 Å². The van der Waals surface area contributed by atoms with Crippen molar-refractivity contribution in [1.82, 2.24) is 0 Å². The van der Waals surface area contributed by atoms with Crippen LogP contribution in [-0.2, 0) is 0 Å². The molecule has 0 saturated heterocycles. The zero-order chi connectivity index (χ0) is 14.0. The van der Waals surface area contributed by atoms with E-state index in [2.05, 4.69) is 13.2 Å². The number of hydrogen-bond acceptors (Lipinski definition) is 2. The maximum Gasteiger partial charge on any atom is 0.170 e. The molecule has 2 nitrogen and oxygen atoms in total. The maximum absolute atomic E-state index is 5.55. The molecule has 0 atom stereocenters. The molecule has 0 N–H and O–H groups in total. The summed E-state index contributed by atoms with van der Waals surface area (Å²) in [6.45, 7) is 15.3. The Hall–Kier alpha value is -1.96. The fourth-order valence-electron chi connectivity index (χ4n) is 1.24. The molecule has 1 aromatic rings. The molecule has 1 heterocycles.